The Morgan fingerprint density at radius 1 is 0.897 bits per heavy atom. The second-order valence-electron chi connectivity index (χ2n) is 5.84. The molecule has 1 heterocycles. The van der Waals surface area contributed by atoms with Crippen molar-refractivity contribution in [1.82, 2.24) is 4.98 Å². The molecule has 0 atom stereocenters. The summed E-state index contributed by atoms with van der Waals surface area (Å²) in [6, 6.07) is 17.1. The van der Waals surface area contributed by atoms with Crippen LogP contribution in [0.25, 0.3) is 20.8 Å². The van der Waals surface area contributed by atoms with Gasteiger partial charge in [0.15, 0.2) is 0 Å². The number of fused-ring (bicyclic) bond motifs is 2. The lowest BCUT2D eigenvalue weighted by Gasteiger charge is -2.07. The van der Waals surface area contributed by atoms with E-state index in [4.69, 9.17) is 10.2 Å². The number of hydrogen-bond acceptors (Lipinski definition) is 7. The molecule has 0 saturated carbocycles. The summed E-state index contributed by atoms with van der Waals surface area (Å²) in [5.41, 5.74) is 2.01. The topological polar surface area (TPSA) is 118 Å². The number of aromatic nitrogens is 1. The van der Waals surface area contributed by atoms with Crippen LogP contribution in [0.1, 0.15) is 0 Å². The SMILES string of the molecule is O=C(O)Oc1cc(N=c2ccc3nc4ccccc4sc-3c2)cc(OC(=O)O)c1. The van der Waals surface area contributed by atoms with Crippen LogP contribution in [-0.4, -0.2) is 27.5 Å². The van der Waals surface area contributed by atoms with Gasteiger partial charge in [-0.05, 0) is 30.3 Å². The number of nitrogens with zero attached hydrogens (tertiary/aromatic N) is 2. The molecule has 2 N–H and O–H groups in total. The van der Waals surface area contributed by atoms with E-state index in [0.29, 0.717) is 5.36 Å². The van der Waals surface area contributed by atoms with Gasteiger partial charge in [-0.3, -0.25) is 0 Å². The van der Waals surface area contributed by atoms with E-state index >= 15 is 0 Å². The molecule has 0 spiro atoms. The largest absolute Gasteiger partial charge is 0.511 e. The number of rotatable bonds is 3. The fourth-order valence-electron chi connectivity index (χ4n) is 2.72. The summed E-state index contributed by atoms with van der Waals surface area (Å²) in [6.07, 6.45) is -3.07. The predicted molar refractivity (Wildman–Crippen MR) is 105 cm³/mol. The lowest BCUT2D eigenvalue weighted by molar-refractivity contribution is 0.143. The van der Waals surface area contributed by atoms with Gasteiger partial charge in [-0.25, -0.2) is 19.6 Å². The van der Waals surface area contributed by atoms with Crippen molar-refractivity contribution in [3.8, 4) is 22.1 Å². The minimum Gasteiger partial charge on any atom is -0.449 e. The summed E-state index contributed by atoms with van der Waals surface area (Å²) in [6.45, 7) is 0. The molecular weight excluding hydrogens is 396 g/mol. The zero-order valence-electron chi connectivity index (χ0n) is 14.6. The molecule has 8 nitrogen and oxygen atoms in total. The summed E-state index contributed by atoms with van der Waals surface area (Å²) in [5.74, 6) is -0.211. The molecule has 0 bridgehead atoms. The van der Waals surface area contributed by atoms with Gasteiger partial charge in [0.2, 0.25) is 0 Å². The fraction of sp³-hybridized carbons (Fsp3) is 0. The van der Waals surface area contributed by atoms with Crippen LogP contribution < -0.4 is 14.8 Å². The van der Waals surface area contributed by atoms with Crippen molar-refractivity contribution in [2.45, 2.75) is 0 Å². The molecule has 1 aliphatic heterocycles. The smallest absolute Gasteiger partial charge is 0.449 e. The third kappa shape index (κ3) is 4.30. The van der Waals surface area contributed by atoms with Gasteiger partial charge in [0.25, 0.3) is 0 Å². The van der Waals surface area contributed by atoms with Crippen LogP contribution in [0, 0.1) is 0 Å². The highest BCUT2D eigenvalue weighted by atomic mass is 32.1. The molecule has 2 aromatic rings. The van der Waals surface area contributed by atoms with Gasteiger partial charge in [-0.2, -0.15) is 0 Å². The number of ether oxygens (including phenoxy) is 2. The van der Waals surface area contributed by atoms with Crippen molar-refractivity contribution in [3.05, 3.63) is 66.0 Å². The van der Waals surface area contributed by atoms with E-state index in [-0.39, 0.29) is 17.2 Å². The standard InChI is InChI=1S/C20H12N2O6S/c23-19(24)27-13-7-12(8-14(10-13)28-20(25)26)21-11-5-6-16-18(9-11)29-17-4-2-1-3-15(17)22-16/h1-10H,(H,23,24)(H,25,26). The molecule has 144 valence electrons. The molecule has 4 rings (SSSR count). The molecule has 2 aliphatic rings. The molecule has 0 fully saturated rings. The minimum atomic E-state index is -1.53. The van der Waals surface area contributed by atoms with Crippen LogP contribution in [0.4, 0.5) is 15.3 Å². The zero-order chi connectivity index (χ0) is 20.4. The van der Waals surface area contributed by atoms with Crippen LogP contribution in [0.5, 0.6) is 11.5 Å². The lowest BCUT2D eigenvalue weighted by Crippen LogP contribution is -2.06. The van der Waals surface area contributed by atoms with E-state index in [1.54, 1.807) is 17.4 Å². The monoisotopic (exact) mass is 408 g/mol. The minimum absolute atomic E-state index is 0.105. The highest BCUT2D eigenvalue weighted by molar-refractivity contribution is 7.21. The Kier molecular flexibility index (Phi) is 4.80. The maximum absolute atomic E-state index is 10.8. The number of carboxylic acid groups (broad SMARTS) is 2. The summed E-state index contributed by atoms with van der Waals surface area (Å²) in [4.78, 5) is 31.6. The van der Waals surface area contributed by atoms with Gasteiger partial charge in [0.1, 0.15) is 11.5 Å². The Balaban J connectivity index is 1.80. The van der Waals surface area contributed by atoms with E-state index < -0.39 is 12.3 Å². The normalized spacial score (nSPS) is 11.5. The van der Waals surface area contributed by atoms with Gasteiger partial charge in [0, 0.05) is 18.2 Å². The van der Waals surface area contributed by atoms with Gasteiger partial charge in [0.05, 0.1) is 31.8 Å². The molecule has 9 heteroatoms. The molecule has 0 radical (unpaired) electrons. The van der Waals surface area contributed by atoms with Crippen molar-refractivity contribution in [2.24, 2.45) is 4.99 Å². The van der Waals surface area contributed by atoms with Crippen LogP contribution in [-0.2, 0) is 0 Å². The van der Waals surface area contributed by atoms with Gasteiger partial charge >= 0.3 is 12.3 Å². The van der Waals surface area contributed by atoms with Crippen LogP contribution in [0.2, 0.25) is 0 Å². The first-order valence-electron chi connectivity index (χ1n) is 8.27. The number of para-hydroxylation sites is 1. The van der Waals surface area contributed by atoms with Crippen molar-refractivity contribution >= 4 is 39.6 Å². The fourth-order valence-corrected chi connectivity index (χ4v) is 3.72. The highest BCUT2D eigenvalue weighted by Gasteiger charge is 2.10. The Hall–Kier alpha value is -3.98. The molecule has 0 unspecified atom stereocenters. The van der Waals surface area contributed by atoms with Crippen molar-refractivity contribution in [2.75, 3.05) is 0 Å². The molecule has 0 amide bonds. The van der Waals surface area contributed by atoms with E-state index in [0.717, 1.165) is 26.9 Å². The first-order chi connectivity index (χ1) is 14.0. The predicted octanol–water partition coefficient (Wildman–Crippen LogP) is 4.75. The quantitative estimate of drug-likeness (QED) is 0.285. The number of benzene rings is 3. The maximum atomic E-state index is 10.8. The Morgan fingerprint density at radius 3 is 2.28 bits per heavy atom. The van der Waals surface area contributed by atoms with E-state index in [9.17, 15) is 9.59 Å². The van der Waals surface area contributed by atoms with E-state index in [2.05, 4.69) is 19.5 Å². The molecule has 2 aromatic carbocycles. The molecule has 0 saturated heterocycles. The Bertz CT molecular complexity index is 1250. The summed E-state index contributed by atoms with van der Waals surface area (Å²) >= 11 is 1.57. The van der Waals surface area contributed by atoms with Crippen molar-refractivity contribution in [1.29, 1.82) is 0 Å². The average Bonchev–Trinajstić information content (AvgIpc) is 2.65. The Morgan fingerprint density at radius 2 is 1.59 bits per heavy atom. The summed E-state index contributed by atoms with van der Waals surface area (Å²) in [7, 11) is 0. The summed E-state index contributed by atoms with van der Waals surface area (Å²) < 4.78 is 10.3. The molecule has 29 heavy (non-hydrogen) atoms. The second-order valence-corrected chi connectivity index (χ2v) is 6.93. The summed E-state index contributed by atoms with van der Waals surface area (Å²) in [5, 5.41) is 18.2. The van der Waals surface area contributed by atoms with Gasteiger partial charge < -0.3 is 19.7 Å². The van der Waals surface area contributed by atoms with E-state index in [1.807, 2.05) is 36.4 Å². The van der Waals surface area contributed by atoms with Gasteiger partial charge in [-0.15, -0.1) is 11.3 Å². The van der Waals surface area contributed by atoms with Crippen LogP contribution in [0.15, 0.2) is 65.7 Å². The van der Waals surface area contributed by atoms with Crippen LogP contribution >= 0.6 is 11.3 Å². The zero-order valence-corrected chi connectivity index (χ0v) is 15.4. The first-order valence-corrected chi connectivity index (χ1v) is 9.09. The van der Waals surface area contributed by atoms with Gasteiger partial charge in [-0.1, -0.05) is 12.1 Å². The lowest BCUT2D eigenvalue weighted by atomic mass is 10.2. The number of carbonyl (C=O) groups is 2. The molecule has 0 aromatic heterocycles. The average molecular weight is 408 g/mol. The third-order valence-electron chi connectivity index (χ3n) is 3.80. The van der Waals surface area contributed by atoms with E-state index in [1.165, 1.54) is 12.1 Å². The maximum Gasteiger partial charge on any atom is 0.511 e. The highest BCUT2D eigenvalue weighted by Crippen LogP contribution is 2.30. The second kappa shape index (κ2) is 7.56. The van der Waals surface area contributed by atoms with Crippen molar-refractivity contribution < 1.29 is 29.3 Å². The number of hydrogen-bond donors (Lipinski definition) is 2. The third-order valence-corrected chi connectivity index (χ3v) is 4.91. The van der Waals surface area contributed by atoms with Crippen molar-refractivity contribution in [3.63, 3.8) is 0 Å². The molecule has 1 aliphatic carbocycles. The Labute approximate surface area is 167 Å². The first kappa shape index (κ1) is 18.4. The molecular formula is C20H12N2O6S. The van der Waals surface area contributed by atoms with Crippen LogP contribution in [0.3, 0.4) is 0 Å².